The minimum Gasteiger partial charge on any atom is -0.507 e. The first-order valence-electron chi connectivity index (χ1n) is 23.8. The lowest BCUT2D eigenvalue weighted by molar-refractivity contribution is 0.00656. The second-order valence-electron chi connectivity index (χ2n) is 20.5. The highest BCUT2D eigenvalue weighted by molar-refractivity contribution is 5.99. The number of rotatable bonds is 15. The molecule has 4 aliphatic carbocycles. The van der Waals surface area contributed by atoms with Gasteiger partial charge in [0.2, 0.25) is 0 Å². The Hall–Kier alpha value is -3.52. The molecule has 2 fully saturated rings. The van der Waals surface area contributed by atoms with E-state index >= 15 is 4.39 Å². The van der Waals surface area contributed by atoms with Gasteiger partial charge in [-0.2, -0.15) is 0 Å². The molecule has 0 unspecified atom stereocenters. The molecule has 0 spiro atoms. The maximum atomic E-state index is 15.9. The van der Waals surface area contributed by atoms with Gasteiger partial charge in [0, 0.05) is 53.5 Å². The smallest absolute Gasteiger partial charge is 0.255 e. The maximum Gasteiger partial charge on any atom is 0.255 e. The topological polar surface area (TPSA) is 100 Å². The van der Waals surface area contributed by atoms with E-state index in [-0.39, 0.29) is 46.6 Å². The van der Waals surface area contributed by atoms with Gasteiger partial charge in [0.05, 0.1) is 5.56 Å². The molecule has 4 N–H and O–H groups in total. The van der Waals surface area contributed by atoms with E-state index < -0.39 is 5.60 Å². The zero-order valence-electron chi connectivity index (χ0n) is 38.1. The number of hydrogen-bond acceptors (Lipinski definition) is 6. The van der Waals surface area contributed by atoms with E-state index in [2.05, 4.69) is 78.2 Å². The van der Waals surface area contributed by atoms with Crippen LogP contribution in [0.2, 0.25) is 0 Å². The monoisotopic (exact) mass is 827 g/mol. The fraction of sp³-hybridized carbons (Fsp3) is 0.673. The van der Waals surface area contributed by atoms with E-state index in [1.807, 2.05) is 6.07 Å². The Morgan fingerprint density at radius 1 is 0.750 bits per heavy atom. The van der Waals surface area contributed by atoms with Crippen molar-refractivity contribution in [2.45, 2.75) is 188 Å². The summed E-state index contributed by atoms with van der Waals surface area (Å²) in [7, 11) is 0. The summed E-state index contributed by atoms with van der Waals surface area (Å²) < 4.78 is 28.7. The van der Waals surface area contributed by atoms with E-state index in [1.54, 1.807) is 0 Å². The number of amides is 1. The largest absolute Gasteiger partial charge is 0.507 e. The van der Waals surface area contributed by atoms with Gasteiger partial charge in [0.25, 0.3) is 5.91 Å². The molecule has 8 rings (SSSR count). The van der Waals surface area contributed by atoms with Crippen LogP contribution in [0.25, 0.3) is 0 Å². The first-order valence-corrected chi connectivity index (χ1v) is 23.8. The number of ether oxygens (including phenoxy) is 2. The van der Waals surface area contributed by atoms with Crippen LogP contribution in [0.4, 0.5) is 4.39 Å². The van der Waals surface area contributed by atoms with Gasteiger partial charge in [-0.05, 0) is 154 Å². The van der Waals surface area contributed by atoms with Crippen molar-refractivity contribution in [1.82, 2.24) is 10.6 Å². The number of carbonyl (C=O) groups excluding carboxylic acids is 1. The number of phenols is 2. The molecule has 0 aromatic heterocycles. The number of nitrogens with one attached hydrogen (secondary N) is 2. The third-order valence-corrected chi connectivity index (χ3v) is 14.7. The van der Waals surface area contributed by atoms with Gasteiger partial charge in [-0.3, -0.25) is 4.79 Å². The van der Waals surface area contributed by atoms with Crippen molar-refractivity contribution in [2.75, 3.05) is 13.1 Å². The molecule has 7 nitrogen and oxygen atoms in total. The highest BCUT2D eigenvalue weighted by Crippen LogP contribution is 2.57. The predicted molar refractivity (Wildman–Crippen MR) is 240 cm³/mol. The quantitative estimate of drug-likeness (QED) is 0.105. The number of carbonyl (C=O) groups is 1. The predicted octanol–water partition coefficient (Wildman–Crippen LogP) is 12.3. The fourth-order valence-corrected chi connectivity index (χ4v) is 10.7. The molecule has 0 radical (unpaired) electrons. The first kappa shape index (κ1) is 44.5. The van der Waals surface area contributed by atoms with Crippen molar-refractivity contribution in [3.8, 4) is 23.0 Å². The Labute approximate surface area is 360 Å². The zero-order valence-corrected chi connectivity index (χ0v) is 38.1. The fourth-order valence-electron chi connectivity index (χ4n) is 10.7. The van der Waals surface area contributed by atoms with Crippen LogP contribution in [0.15, 0.2) is 29.4 Å². The number of aryl methyl sites for hydroxylation is 1. The zero-order chi connectivity index (χ0) is 42.9. The Kier molecular flexibility index (Phi) is 13.7. The molecule has 60 heavy (non-hydrogen) atoms. The summed E-state index contributed by atoms with van der Waals surface area (Å²) in [5, 5.41) is 29.5. The van der Waals surface area contributed by atoms with Crippen LogP contribution in [0.5, 0.6) is 23.0 Å². The third kappa shape index (κ3) is 9.59. The second-order valence-corrected chi connectivity index (χ2v) is 20.5. The molecule has 8 heteroatoms. The van der Waals surface area contributed by atoms with E-state index in [9.17, 15) is 15.0 Å². The lowest BCUT2D eigenvalue weighted by Crippen LogP contribution is -2.45. The van der Waals surface area contributed by atoms with Gasteiger partial charge in [-0.1, -0.05) is 62.8 Å². The van der Waals surface area contributed by atoms with Crippen molar-refractivity contribution in [3.05, 3.63) is 68.6 Å². The SMILES string of the molecule is CCCCCc1c(F)c2c(c(O)c1CNCC1CC1)[C@@H]1C=C(C)CC[C@H]1C(C)(C)O2.CCCCCc1cc2c(c(O)c1C(=O)NCC1CC1)[C@@H]1C=C(C)CC[C@H]1C(C)(C)O2. The van der Waals surface area contributed by atoms with Gasteiger partial charge < -0.3 is 30.3 Å². The van der Waals surface area contributed by atoms with Gasteiger partial charge in [-0.15, -0.1) is 0 Å². The van der Waals surface area contributed by atoms with Crippen LogP contribution in [0.3, 0.4) is 0 Å². The van der Waals surface area contributed by atoms with Gasteiger partial charge in [0.1, 0.15) is 28.5 Å². The molecule has 2 aromatic carbocycles. The third-order valence-electron chi connectivity index (χ3n) is 14.7. The van der Waals surface area contributed by atoms with Crippen LogP contribution in [0, 0.1) is 29.5 Å². The minimum atomic E-state index is -0.450. The molecule has 330 valence electrons. The summed E-state index contributed by atoms with van der Waals surface area (Å²) in [6, 6.07) is 2.05. The summed E-state index contributed by atoms with van der Waals surface area (Å²) in [5.74, 6) is 3.09. The Bertz CT molecular complexity index is 1960. The summed E-state index contributed by atoms with van der Waals surface area (Å²) in [6.45, 7) is 19.3. The molecule has 6 aliphatic rings. The normalized spacial score (nSPS) is 24.5. The molecule has 1 amide bonds. The maximum absolute atomic E-state index is 15.9. The summed E-state index contributed by atoms with van der Waals surface area (Å²) in [6.07, 6.45) is 21.4. The van der Waals surface area contributed by atoms with Crippen LogP contribution in [-0.2, 0) is 19.4 Å². The lowest BCUT2D eigenvalue weighted by Gasteiger charge is -2.47. The molecular weight excluding hydrogens is 752 g/mol. The second kappa shape index (κ2) is 18.4. The average Bonchev–Trinajstić information content (AvgIpc) is 4.13. The van der Waals surface area contributed by atoms with Crippen LogP contribution >= 0.6 is 0 Å². The molecule has 2 aliphatic heterocycles. The Morgan fingerprint density at radius 3 is 1.92 bits per heavy atom. The van der Waals surface area contributed by atoms with Crippen LogP contribution in [-0.4, -0.2) is 40.4 Å². The molecule has 2 heterocycles. The first-order chi connectivity index (χ1) is 28.6. The van der Waals surface area contributed by atoms with Crippen LogP contribution in [0.1, 0.15) is 195 Å². The number of unbranched alkanes of at least 4 members (excludes halogenated alkanes) is 4. The summed E-state index contributed by atoms with van der Waals surface area (Å²) in [5.41, 5.74) is 6.21. The molecule has 0 saturated heterocycles. The van der Waals surface area contributed by atoms with Crippen molar-refractivity contribution < 1.29 is 28.9 Å². The number of allylic oxidation sites excluding steroid dienone is 4. The average molecular weight is 827 g/mol. The molecule has 2 saturated carbocycles. The minimum absolute atomic E-state index is 0.0128. The summed E-state index contributed by atoms with van der Waals surface area (Å²) in [4.78, 5) is 13.2. The number of halogens is 1. The Morgan fingerprint density at radius 2 is 1.32 bits per heavy atom. The lowest BCUT2D eigenvalue weighted by atomic mass is 9.67. The highest BCUT2D eigenvalue weighted by atomic mass is 19.1. The summed E-state index contributed by atoms with van der Waals surface area (Å²) >= 11 is 0. The van der Waals surface area contributed by atoms with E-state index in [4.69, 9.17) is 9.47 Å². The van der Waals surface area contributed by atoms with E-state index in [0.717, 1.165) is 106 Å². The van der Waals surface area contributed by atoms with E-state index in [0.29, 0.717) is 53.8 Å². The Balaban J connectivity index is 0.000000181. The van der Waals surface area contributed by atoms with Gasteiger partial charge in [0.15, 0.2) is 11.6 Å². The molecule has 2 aromatic rings. The van der Waals surface area contributed by atoms with Crippen molar-refractivity contribution in [1.29, 1.82) is 0 Å². The number of aromatic hydroxyl groups is 2. The van der Waals surface area contributed by atoms with Gasteiger partial charge >= 0.3 is 0 Å². The van der Waals surface area contributed by atoms with Crippen LogP contribution < -0.4 is 20.1 Å². The van der Waals surface area contributed by atoms with Crippen molar-refractivity contribution in [3.63, 3.8) is 0 Å². The number of hydrogen-bond donors (Lipinski definition) is 4. The molecule has 0 bridgehead atoms. The van der Waals surface area contributed by atoms with Crippen molar-refractivity contribution >= 4 is 5.91 Å². The number of phenolic OH excluding ortho intramolecular Hbond substituents is 2. The van der Waals surface area contributed by atoms with Gasteiger partial charge in [-0.25, -0.2) is 4.39 Å². The highest BCUT2D eigenvalue weighted by Gasteiger charge is 2.48. The van der Waals surface area contributed by atoms with E-state index in [1.165, 1.54) is 36.8 Å². The number of fused-ring (bicyclic) bond motifs is 6. The van der Waals surface area contributed by atoms with Crippen molar-refractivity contribution in [2.24, 2.45) is 23.7 Å². The standard InChI is InChI=1S/C26H38FNO2.C26H37NO3/c1-5-6-7-8-18-20(15-28-14-17-10-11-17)24(29)22-19-13-16(2)9-12-21(19)26(3,4)30-25(22)23(18)27;1-5-6-7-8-18-14-21-23(24(28)22(18)25(29)27-15-17-10-11-17)19-13-16(2)9-12-20(19)26(3,4)30-21/h13,17,19,21,28-29H,5-12,14-15H2,1-4H3;13-14,17,19-20,28H,5-12,15H2,1-4H3,(H,27,29)/t19-,21-;19-,20-/m11/s1. The molecular formula is C52H75FN2O5. The number of benzene rings is 2. The molecule has 4 atom stereocenters.